The van der Waals surface area contributed by atoms with Gasteiger partial charge in [0.25, 0.3) is 0 Å². The summed E-state index contributed by atoms with van der Waals surface area (Å²) in [6.45, 7) is 2.48. The monoisotopic (exact) mass is 516 g/mol. The van der Waals surface area contributed by atoms with Gasteiger partial charge in [0.2, 0.25) is 15.9 Å². The molecule has 0 saturated carbocycles. The number of nitrogens with zero attached hydrogens (tertiary/aromatic N) is 1. The Morgan fingerprint density at radius 3 is 2.41 bits per heavy atom. The van der Waals surface area contributed by atoms with Gasteiger partial charge in [-0.3, -0.25) is 4.79 Å². The average Bonchev–Trinajstić information content (AvgIpc) is 3.27. The third kappa shape index (κ3) is 8.60. The Balaban J connectivity index is 1.67. The predicted molar refractivity (Wildman–Crippen MR) is 142 cm³/mol. The van der Waals surface area contributed by atoms with Crippen LogP contribution in [0.2, 0.25) is 0 Å². The van der Waals surface area contributed by atoms with Crippen LogP contribution in [0.5, 0.6) is 0 Å². The van der Waals surface area contributed by atoms with E-state index in [0.717, 1.165) is 17.7 Å². The zero-order valence-electron chi connectivity index (χ0n) is 18.9. The lowest BCUT2D eigenvalue weighted by Gasteiger charge is -2.18. The number of carbonyl (C=O) groups excluding carboxylic acids is 1. The maximum Gasteiger partial charge on any atom is 0.244 e. The molecule has 0 aliphatic rings. The molecule has 180 valence electrons. The van der Waals surface area contributed by atoms with Crippen LogP contribution in [0.15, 0.2) is 66.0 Å². The Morgan fingerprint density at radius 1 is 1.06 bits per heavy atom. The predicted octanol–water partition coefficient (Wildman–Crippen LogP) is 4.34. The number of sulfonamides is 1. The van der Waals surface area contributed by atoms with Gasteiger partial charge in [-0.15, -0.1) is 11.3 Å². The lowest BCUT2D eigenvalue weighted by molar-refractivity contribution is -0.117. The molecule has 0 saturated heterocycles. The third-order valence-electron chi connectivity index (χ3n) is 4.94. The van der Waals surface area contributed by atoms with Crippen molar-refractivity contribution in [2.75, 3.05) is 11.9 Å². The standard InChI is InChI=1S/C24H28N4O3S3/c1-18(32)25-15-9-8-14-21(28-34(30,31)17-19-10-4-2-5-11-19)23(29)27-24-26-22(16-33-24)20-12-6-3-7-13-20/h2-7,10-13,16,21,28H,8-9,14-15,17H2,1H3,(H,25,32)(H,26,27,29)/t21-/m0/s1. The molecule has 0 aliphatic carbocycles. The number of carbonyl (C=O) groups is 1. The Labute approximate surface area is 210 Å². The van der Waals surface area contributed by atoms with Crippen LogP contribution in [-0.4, -0.2) is 36.9 Å². The first-order chi connectivity index (χ1) is 16.3. The second-order valence-electron chi connectivity index (χ2n) is 7.79. The van der Waals surface area contributed by atoms with Crippen molar-refractivity contribution in [2.45, 2.75) is 38.0 Å². The van der Waals surface area contributed by atoms with Crippen molar-refractivity contribution < 1.29 is 13.2 Å². The van der Waals surface area contributed by atoms with E-state index < -0.39 is 22.0 Å². The summed E-state index contributed by atoms with van der Waals surface area (Å²) < 4.78 is 28.2. The van der Waals surface area contributed by atoms with E-state index in [0.29, 0.717) is 35.1 Å². The normalized spacial score (nSPS) is 12.1. The van der Waals surface area contributed by atoms with Crippen molar-refractivity contribution in [1.29, 1.82) is 0 Å². The van der Waals surface area contributed by atoms with Crippen molar-refractivity contribution in [1.82, 2.24) is 15.0 Å². The first kappa shape index (κ1) is 26.0. The minimum absolute atomic E-state index is 0.196. The highest BCUT2D eigenvalue weighted by molar-refractivity contribution is 7.88. The van der Waals surface area contributed by atoms with Crippen LogP contribution in [0.3, 0.4) is 0 Å². The van der Waals surface area contributed by atoms with E-state index in [1.54, 1.807) is 31.2 Å². The molecule has 0 aliphatic heterocycles. The molecule has 7 nitrogen and oxygen atoms in total. The van der Waals surface area contributed by atoms with Crippen LogP contribution in [0.1, 0.15) is 31.7 Å². The quantitative estimate of drug-likeness (QED) is 0.245. The van der Waals surface area contributed by atoms with Gasteiger partial charge in [-0.2, -0.15) is 0 Å². The number of thiocarbonyl (C=S) groups is 1. The summed E-state index contributed by atoms with van der Waals surface area (Å²) in [5, 5.41) is 8.14. The number of aromatic nitrogens is 1. The molecule has 0 unspecified atom stereocenters. The van der Waals surface area contributed by atoms with Crippen molar-refractivity contribution in [3.63, 3.8) is 0 Å². The Bertz CT molecular complexity index is 1180. The van der Waals surface area contributed by atoms with Gasteiger partial charge in [-0.05, 0) is 31.7 Å². The van der Waals surface area contributed by atoms with Gasteiger partial charge < -0.3 is 10.6 Å². The summed E-state index contributed by atoms with van der Waals surface area (Å²) in [5.41, 5.74) is 2.35. The molecule has 0 spiro atoms. The van der Waals surface area contributed by atoms with Gasteiger partial charge in [0.1, 0.15) is 6.04 Å². The molecule has 1 heterocycles. The number of benzene rings is 2. The molecule has 1 aromatic heterocycles. The topological polar surface area (TPSA) is 100 Å². The van der Waals surface area contributed by atoms with E-state index >= 15 is 0 Å². The number of unbranched alkanes of at least 4 members (excludes halogenated alkanes) is 1. The molecule has 2 aromatic carbocycles. The molecule has 34 heavy (non-hydrogen) atoms. The first-order valence-corrected chi connectivity index (χ1v) is 13.9. The van der Waals surface area contributed by atoms with E-state index in [4.69, 9.17) is 12.2 Å². The van der Waals surface area contributed by atoms with Crippen molar-refractivity contribution in [3.05, 3.63) is 71.6 Å². The molecule has 0 radical (unpaired) electrons. The number of nitrogens with one attached hydrogen (secondary N) is 3. The summed E-state index contributed by atoms with van der Waals surface area (Å²) in [5.74, 6) is -0.622. The molecular weight excluding hydrogens is 488 g/mol. The zero-order chi connectivity index (χ0) is 24.4. The van der Waals surface area contributed by atoms with Crippen molar-refractivity contribution in [2.24, 2.45) is 0 Å². The van der Waals surface area contributed by atoms with E-state index in [1.165, 1.54) is 11.3 Å². The fourth-order valence-electron chi connectivity index (χ4n) is 3.30. The Morgan fingerprint density at radius 2 is 1.74 bits per heavy atom. The number of anilines is 1. The lowest BCUT2D eigenvalue weighted by atomic mass is 10.1. The molecule has 3 rings (SSSR count). The van der Waals surface area contributed by atoms with Gasteiger partial charge in [0, 0.05) is 17.5 Å². The summed E-state index contributed by atoms with van der Waals surface area (Å²) >= 11 is 6.31. The van der Waals surface area contributed by atoms with E-state index in [1.807, 2.05) is 41.8 Å². The molecule has 3 N–H and O–H groups in total. The minimum Gasteiger partial charge on any atom is -0.380 e. The second kappa shape index (κ2) is 12.7. The molecule has 1 amide bonds. The first-order valence-electron chi connectivity index (χ1n) is 10.9. The van der Waals surface area contributed by atoms with Crippen LogP contribution < -0.4 is 15.4 Å². The van der Waals surface area contributed by atoms with Crippen LogP contribution in [-0.2, 0) is 20.6 Å². The van der Waals surface area contributed by atoms with Crippen LogP contribution >= 0.6 is 23.6 Å². The van der Waals surface area contributed by atoms with Crippen molar-refractivity contribution >= 4 is 49.6 Å². The highest BCUT2D eigenvalue weighted by atomic mass is 32.2. The van der Waals surface area contributed by atoms with Crippen LogP contribution in [0.4, 0.5) is 5.13 Å². The minimum atomic E-state index is -3.73. The van der Waals surface area contributed by atoms with Gasteiger partial charge in [0.15, 0.2) is 5.13 Å². The fourth-order valence-corrected chi connectivity index (χ4v) is 5.50. The number of thiazole rings is 1. The Kier molecular flexibility index (Phi) is 9.70. The van der Waals surface area contributed by atoms with E-state index in [-0.39, 0.29) is 5.75 Å². The summed E-state index contributed by atoms with van der Waals surface area (Å²) in [6.07, 6.45) is 1.76. The lowest BCUT2D eigenvalue weighted by Crippen LogP contribution is -2.44. The maximum atomic E-state index is 13.1. The highest BCUT2D eigenvalue weighted by Crippen LogP contribution is 2.25. The highest BCUT2D eigenvalue weighted by Gasteiger charge is 2.25. The maximum absolute atomic E-state index is 13.1. The van der Waals surface area contributed by atoms with Gasteiger partial charge in [-0.25, -0.2) is 18.1 Å². The van der Waals surface area contributed by atoms with E-state index in [2.05, 4.69) is 20.3 Å². The molecular formula is C24H28N4O3S3. The van der Waals surface area contributed by atoms with Crippen LogP contribution in [0.25, 0.3) is 11.3 Å². The van der Waals surface area contributed by atoms with Gasteiger partial charge >= 0.3 is 0 Å². The summed E-state index contributed by atoms with van der Waals surface area (Å²) in [6, 6.07) is 17.6. The molecule has 1 atom stereocenters. The summed E-state index contributed by atoms with van der Waals surface area (Å²) in [7, 11) is -3.73. The molecule has 0 bridgehead atoms. The number of hydrogen-bond acceptors (Lipinski definition) is 6. The molecule has 10 heteroatoms. The Hall–Kier alpha value is -2.66. The third-order valence-corrected chi connectivity index (χ3v) is 7.19. The SMILES string of the molecule is CC(=S)NCCCC[C@H](NS(=O)(=O)Cc1ccccc1)C(=O)Nc1nc(-c2ccccc2)cs1. The largest absolute Gasteiger partial charge is 0.380 e. The number of hydrogen-bond donors (Lipinski definition) is 3. The molecule has 3 aromatic rings. The number of amides is 1. The van der Waals surface area contributed by atoms with Crippen molar-refractivity contribution in [3.8, 4) is 11.3 Å². The van der Waals surface area contributed by atoms with Gasteiger partial charge in [-0.1, -0.05) is 72.9 Å². The zero-order valence-corrected chi connectivity index (χ0v) is 21.3. The second-order valence-corrected chi connectivity index (χ2v) is 11.0. The smallest absolute Gasteiger partial charge is 0.244 e. The molecule has 0 fully saturated rings. The number of rotatable bonds is 12. The fraction of sp³-hybridized carbons (Fsp3) is 0.292. The van der Waals surface area contributed by atoms with E-state index in [9.17, 15) is 13.2 Å². The summed E-state index contributed by atoms with van der Waals surface area (Å²) in [4.78, 5) is 18.2. The van der Waals surface area contributed by atoms with Gasteiger partial charge in [0.05, 0.1) is 16.4 Å². The van der Waals surface area contributed by atoms with Crippen LogP contribution in [0, 0.1) is 0 Å². The average molecular weight is 517 g/mol.